The molecule has 0 spiro atoms. The lowest BCUT2D eigenvalue weighted by atomic mass is 9.94. The zero-order valence-corrected chi connectivity index (χ0v) is 14.3. The average molecular weight is 322 g/mol. The van der Waals surface area contributed by atoms with Crippen LogP contribution in [-0.2, 0) is 6.42 Å². The van der Waals surface area contributed by atoms with Crippen LogP contribution in [-0.4, -0.2) is 12.9 Å². The minimum absolute atomic E-state index is 0.128. The van der Waals surface area contributed by atoms with Crippen LogP contribution in [0.5, 0.6) is 11.5 Å². The second kappa shape index (κ2) is 6.91. The fraction of sp³-hybridized carbons (Fsp3) is 0.286. The van der Waals surface area contributed by atoms with E-state index in [2.05, 4.69) is 26.0 Å². The van der Waals surface area contributed by atoms with Crippen molar-refractivity contribution in [3.05, 3.63) is 70.8 Å². The molecule has 0 bridgehead atoms. The van der Waals surface area contributed by atoms with Crippen LogP contribution >= 0.6 is 0 Å². The summed E-state index contributed by atoms with van der Waals surface area (Å²) in [5, 5.41) is 0. The summed E-state index contributed by atoms with van der Waals surface area (Å²) in [5.41, 5.74) is 4.05. The normalized spacial score (nSPS) is 16.1. The number of para-hydroxylation sites is 1. The van der Waals surface area contributed by atoms with Crippen LogP contribution < -0.4 is 9.47 Å². The molecule has 2 aromatic rings. The van der Waals surface area contributed by atoms with Gasteiger partial charge in [-0.15, -0.1) is 0 Å². The molecule has 0 radical (unpaired) electrons. The number of ketones is 1. The van der Waals surface area contributed by atoms with Gasteiger partial charge in [-0.3, -0.25) is 4.79 Å². The maximum atomic E-state index is 12.4. The SMILES string of the molecule is COc1ccc(C2CC(=O)c3ccccc3O2)cc1CC=C(C)C. The molecule has 0 saturated carbocycles. The number of Topliss-reactive ketones (excluding diaryl/α,β-unsaturated/α-hetero) is 1. The summed E-state index contributed by atoms with van der Waals surface area (Å²) in [5.74, 6) is 1.66. The van der Waals surface area contributed by atoms with Crippen LogP contribution in [0.2, 0.25) is 0 Å². The number of allylic oxidation sites excluding steroid dienone is 2. The van der Waals surface area contributed by atoms with E-state index >= 15 is 0 Å². The Labute approximate surface area is 142 Å². The number of ether oxygens (including phenoxy) is 2. The monoisotopic (exact) mass is 322 g/mol. The maximum absolute atomic E-state index is 12.4. The van der Waals surface area contributed by atoms with Crippen LogP contribution in [0, 0.1) is 0 Å². The van der Waals surface area contributed by atoms with Crippen LogP contribution in [0.25, 0.3) is 0 Å². The van der Waals surface area contributed by atoms with Gasteiger partial charge in [-0.2, -0.15) is 0 Å². The lowest BCUT2D eigenvalue weighted by molar-refractivity contribution is 0.0850. The molecule has 24 heavy (non-hydrogen) atoms. The van der Waals surface area contributed by atoms with Crippen molar-refractivity contribution in [1.29, 1.82) is 0 Å². The van der Waals surface area contributed by atoms with Gasteiger partial charge in [0.15, 0.2) is 5.78 Å². The smallest absolute Gasteiger partial charge is 0.170 e. The van der Waals surface area contributed by atoms with E-state index in [0.29, 0.717) is 17.7 Å². The third kappa shape index (κ3) is 3.35. The second-order valence-corrected chi connectivity index (χ2v) is 6.29. The van der Waals surface area contributed by atoms with Gasteiger partial charge in [0.2, 0.25) is 0 Å². The van der Waals surface area contributed by atoms with Crippen LogP contribution in [0.15, 0.2) is 54.1 Å². The standard InChI is InChI=1S/C21H22O3/c1-14(2)8-9-15-12-16(10-11-19(15)23-3)21-13-18(22)17-6-4-5-7-20(17)24-21/h4-8,10-12,21H,9,13H2,1-3H3. The predicted molar refractivity (Wildman–Crippen MR) is 94.9 cm³/mol. The van der Waals surface area contributed by atoms with E-state index in [1.165, 1.54) is 5.57 Å². The van der Waals surface area contributed by atoms with Crippen molar-refractivity contribution < 1.29 is 14.3 Å². The van der Waals surface area contributed by atoms with E-state index < -0.39 is 0 Å². The summed E-state index contributed by atoms with van der Waals surface area (Å²) < 4.78 is 11.5. The minimum atomic E-state index is -0.247. The molecule has 3 heteroatoms. The minimum Gasteiger partial charge on any atom is -0.496 e. The van der Waals surface area contributed by atoms with Gasteiger partial charge >= 0.3 is 0 Å². The van der Waals surface area contributed by atoms with Gasteiger partial charge in [-0.1, -0.05) is 29.8 Å². The summed E-state index contributed by atoms with van der Waals surface area (Å²) in [6.45, 7) is 4.16. The molecule has 1 aliphatic rings. The Morgan fingerprint density at radius 1 is 1.25 bits per heavy atom. The highest BCUT2D eigenvalue weighted by molar-refractivity contribution is 5.99. The lowest BCUT2D eigenvalue weighted by Crippen LogP contribution is -2.20. The van der Waals surface area contributed by atoms with Crippen LogP contribution in [0.3, 0.4) is 0 Å². The number of hydrogen-bond donors (Lipinski definition) is 0. The summed E-state index contributed by atoms with van der Waals surface area (Å²) >= 11 is 0. The summed E-state index contributed by atoms with van der Waals surface area (Å²) in [6, 6.07) is 13.5. The van der Waals surface area contributed by atoms with E-state index in [1.807, 2.05) is 36.4 Å². The van der Waals surface area contributed by atoms with Gasteiger partial charge in [0, 0.05) is 0 Å². The lowest BCUT2D eigenvalue weighted by Gasteiger charge is -2.26. The molecule has 0 aromatic heterocycles. The van der Waals surface area contributed by atoms with Gasteiger partial charge in [0.05, 0.1) is 19.1 Å². The molecule has 3 nitrogen and oxygen atoms in total. The van der Waals surface area contributed by atoms with Gasteiger partial charge in [0.1, 0.15) is 17.6 Å². The first-order chi connectivity index (χ1) is 11.6. The highest BCUT2D eigenvalue weighted by Crippen LogP contribution is 2.36. The number of methoxy groups -OCH3 is 1. The molecule has 1 heterocycles. The molecule has 3 rings (SSSR count). The zero-order valence-electron chi connectivity index (χ0n) is 14.3. The van der Waals surface area contributed by atoms with Gasteiger partial charge in [-0.25, -0.2) is 0 Å². The molecule has 0 N–H and O–H groups in total. The molecule has 1 atom stereocenters. The first-order valence-corrected chi connectivity index (χ1v) is 8.17. The molecular weight excluding hydrogens is 300 g/mol. The molecule has 0 saturated heterocycles. The highest BCUT2D eigenvalue weighted by Gasteiger charge is 2.27. The van der Waals surface area contributed by atoms with Crippen LogP contribution in [0.1, 0.15) is 47.9 Å². The van der Waals surface area contributed by atoms with E-state index in [-0.39, 0.29) is 11.9 Å². The van der Waals surface area contributed by atoms with E-state index in [0.717, 1.165) is 23.3 Å². The Kier molecular flexibility index (Phi) is 4.70. The molecule has 0 fully saturated rings. The maximum Gasteiger partial charge on any atom is 0.170 e. The van der Waals surface area contributed by atoms with Crippen LogP contribution in [0.4, 0.5) is 0 Å². The fourth-order valence-electron chi connectivity index (χ4n) is 2.93. The van der Waals surface area contributed by atoms with E-state index in [1.54, 1.807) is 7.11 Å². The zero-order chi connectivity index (χ0) is 17.1. The number of carbonyl (C=O) groups excluding carboxylic acids is 1. The average Bonchev–Trinajstić information content (AvgIpc) is 2.59. The Morgan fingerprint density at radius 3 is 2.79 bits per heavy atom. The van der Waals surface area contributed by atoms with Crippen molar-refractivity contribution >= 4 is 5.78 Å². The topological polar surface area (TPSA) is 35.5 Å². The van der Waals surface area contributed by atoms with Crippen molar-refractivity contribution in [1.82, 2.24) is 0 Å². The van der Waals surface area contributed by atoms with Gasteiger partial charge < -0.3 is 9.47 Å². The number of hydrogen-bond acceptors (Lipinski definition) is 3. The Hall–Kier alpha value is -2.55. The Balaban J connectivity index is 1.91. The molecule has 0 amide bonds. The highest BCUT2D eigenvalue weighted by atomic mass is 16.5. The van der Waals surface area contributed by atoms with E-state index in [4.69, 9.17) is 9.47 Å². The molecule has 0 aliphatic carbocycles. The summed E-state index contributed by atoms with van der Waals surface area (Å²) in [4.78, 5) is 12.4. The third-order valence-electron chi connectivity index (χ3n) is 4.23. The Morgan fingerprint density at radius 2 is 2.04 bits per heavy atom. The largest absolute Gasteiger partial charge is 0.496 e. The molecule has 2 aromatic carbocycles. The molecule has 124 valence electrons. The fourth-order valence-corrected chi connectivity index (χ4v) is 2.93. The number of rotatable bonds is 4. The number of benzene rings is 2. The molecule has 1 unspecified atom stereocenters. The second-order valence-electron chi connectivity index (χ2n) is 6.29. The Bertz CT molecular complexity index is 785. The predicted octanol–water partition coefficient (Wildman–Crippen LogP) is 4.91. The molecule has 1 aliphatic heterocycles. The van der Waals surface area contributed by atoms with Crippen molar-refractivity contribution in [3.63, 3.8) is 0 Å². The van der Waals surface area contributed by atoms with Crippen molar-refractivity contribution in [2.45, 2.75) is 32.8 Å². The number of fused-ring (bicyclic) bond motifs is 1. The number of carbonyl (C=O) groups is 1. The summed E-state index contributed by atoms with van der Waals surface area (Å²) in [7, 11) is 1.68. The van der Waals surface area contributed by atoms with Crippen molar-refractivity contribution in [2.24, 2.45) is 0 Å². The first kappa shape index (κ1) is 16.3. The van der Waals surface area contributed by atoms with Gasteiger partial charge in [0.25, 0.3) is 0 Å². The van der Waals surface area contributed by atoms with E-state index in [9.17, 15) is 4.79 Å². The quantitative estimate of drug-likeness (QED) is 0.750. The van der Waals surface area contributed by atoms with Crippen molar-refractivity contribution in [2.75, 3.05) is 7.11 Å². The third-order valence-corrected chi connectivity index (χ3v) is 4.23. The first-order valence-electron chi connectivity index (χ1n) is 8.17. The van der Waals surface area contributed by atoms with Gasteiger partial charge in [-0.05, 0) is 55.7 Å². The molecular formula is C21H22O3. The van der Waals surface area contributed by atoms with Crippen molar-refractivity contribution in [3.8, 4) is 11.5 Å². The summed E-state index contributed by atoms with van der Waals surface area (Å²) in [6.07, 6.45) is 3.09.